The Balaban J connectivity index is 2.60. The first-order valence-corrected chi connectivity index (χ1v) is 5.81. The first-order chi connectivity index (χ1) is 6.06. The molecule has 2 unspecified atom stereocenters. The van der Waals surface area contributed by atoms with E-state index in [0.717, 1.165) is 11.8 Å². The highest BCUT2D eigenvalue weighted by Gasteiger charge is 2.32. The van der Waals surface area contributed by atoms with Crippen molar-refractivity contribution in [3.8, 4) is 0 Å². The van der Waals surface area contributed by atoms with Gasteiger partial charge in [0.15, 0.2) is 0 Å². The van der Waals surface area contributed by atoms with Crippen molar-refractivity contribution >= 4 is 0 Å². The third-order valence-electron chi connectivity index (χ3n) is 3.91. The molecule has 0 spiro atoms. The smallest absolute Gasteiger partial charge is 0.0181 e. The lowest BCUT2D eigenvalue weighted by molar-refractivity contribution is 0.188. The van der Waals surface area contributed by atoms with Crippen LogP contribution in [0.3, 0.4) is 0 Å². The molecule has 1 saturated heterocycles. The van der Waals surface area contributed by atoms with Gasteiger partial charge in [-0.3, -0.25) is 0 Å². The van der Waals surface area contributed by atoms with Crippen molar-refractivity contribution in [1.29, 1.82) is 0 Å². The third-order valence-corrected chi connectivity index (χ3v) is 3.91. The molecule has 78 valence electrons. The zero-order valence-corrected chi connectivity index (χ0v) is 9.69. The molecule has 1 rings (SSSR count). The highest BCUT2D eigenvalue weighted by molar-refractivity contribution is 4.90. The second kappa shape index (κ2) is 4.45. The highest BCUT2D eigenvalue weighted by Crippen LogP contribution is 2.30. The molecule has 1 N–H and O–H groups in total. The third kappa shape index (κ3) is 2.70. The van der Waals surface area contributed by atoms with Crippen molar-refractivity contribution in [1.82, 2.24) is 5.32 Å². The van der Waals surface area contributed by atoms with Crippen molar-refractivity contribution in [3.63, 3.8) is 0 Å². The van der Waals surface area contributed by atoms with Crippen LogP contribution in [-0.2, 0) is 0 Å². The van der Waals surface area contributed by atoms with Gasteiger partial charge in [0.2, 0.25) is 0 Å². The molecule has 0 aromatic rings. The van der Waals surface area contributed by atoms with E-state index in [1.807, 2.05) is 0 Å². The van der Waals surface area contributed by atoms with Gasteiger partial charge in [0, 0.05) is 5.54 Å². The zero-order valence-electron chi connectivity index (χ0n) is 9.69. The van der Waals surface area contributed by atoms with Crippen LogP contribution in [0, 0.1) is 11.8 Å². The van der Waals surface area contributed by atoms with Gasteiger partial charge in [0.1, 0.15) is 0 Å². The first kappa shape index (κ1) is 11.0. The molecule has 0 aromatic heterocycles. The normalized spacial score (nSPS) is 33.0. The average Bonchev–Trinajstić information content (AvgIpc) is 2.29. The van der Waals surface area contributed by atoms with E-state index in [9.17, 15) is 0 Å². The fourth-order valence-electron chi connectivity index (χ4n) is 2.38. The molecular formula is C12H25N. The van der Waals surface area contributed by atoms with Crippen LogP contribution < -0.4 is 5.32 Å². The molecule has 1 nitrogen and oxygen atoms in total. The van der Waals surface area contributed by atoms with E-state index >= 15 is 0 Å². The summed E-state index contributed by atoms with van der Waals surface area (Å²) in [6, 6.07) is 0. The fourth-order valence-corrected chi connectivity index (χ4v) is 2.38. The lowest BCUT2D eigenvalue weighted by Crippen LogP contribution is -2.48. The maximum Gasteiger partial charge on any atom is 0.0181 e. The number of hydrogen-bond acceptors (Lipinski definition) is 1. The van der Waals surface area contributed by atoms with Crippen molar-refractivity contribution in [2.75, 3.05) is 6.54 Å². The predicted octanol–water partition coefficient (Wildman–Crippen LogP) is 3.20. The van der Waals surface area contributed by atoms with Gasteiger partial charge in [-0.2, -0.15) is 0 Å². The molecule has 0 aromatic carbocycles. The lowest BCUT2D eigenvalue weighted by atomic mass is 9.77. The summed E-state index contributed by atoms with van der Waals surface area (Å²) in [6.45, 7) is 10.7. The Morgan fingerprint density at radius 2 is 1.77 bits per heavy atom. The first-order valence-electron chi connectivity index (χ1n) is 5.81. The van der Waals surface area contributed by atoms with Crippen LogP contribution >= 0.6 is 0 Å². The number of hydrogen-bond donors (Lipinski definition) is 1. The molecule has 2 atom stereocenters. The van der Waals surface area contributed by atoms with Crippen LogP contribution in [0.4, 0.5) is 0 Å². The quantitative estimate of drug-likeness (QED) is 0.693. The molecule has 1 heterocycles. The number of rotatable bonds is 2. The van der Waals surface area contributed by atoms with E-state index in [0.29, 0.717) is 5.54 Å². The Bertz CT molecular complexity index is 143. The van der Waals surface area contributed by atoms with Gasteiger partial charge in [0.25, 0.3) is 0 Å². The van der Waals surface area contributed by atoms with Crippen molar-refractivity contribution in [2.45, 2.75) is 58.9 Å². The molecule has 1 aliphatic heterocycles. The molecular weight excluding hydrogens is 158 g/mol. The average molecular weight is 183 g/mol. The lowest BCUT2D eigenvalue weighted by Gasteiger charge is -2.38. The van der Waals surface area contributed by atoms with Gasteiger partial charge in [-0.1, -0.05) is 33.6 Å². The molecule has 1 aliphatic rings. The Labute approximate surface area is 83.3 Å². The molecule has 0 radical (unpaired) electrons. The largest absolute Gasteiger partial charge is 0.311 e. The molecule has 0 amide bonds. The predicted molar refractivity (Wildman–Crippen MR) is 58.9 cm³/mol. The van der Waals surface area contributed by atoms with Gasteiger partial charge in [-0.15, -0.1) is 0 Å². The van der Waals surface area contributed by atoms with Crippen LogP contribution in [0.1, 0.15) is 53.4 Å². The summed E-state index contributed by atoms with van der Waals surface area (Å²) in [7, 11) is 0. The van der Waals surface area contributed by atoms with E-state index in [-0.39, 0.29) is 0 Å². The maximum absolute atomic E-state index is 3.74. The van der Waals surface area contributed by atoms with E-state index in [1.165, 1.54) is 32.2 Å². The summed E-state index contributed by atoms with van der Waals surface area (Å²) in [5.74, 6) is 1.57. The summed E-state index contributed by atoms with van der Waals surface area (Å²) in [5.41, 5.74) is 0.394. The molecule has 1 heteroatoms. The second-order valence-electron chi connectivity index (χ2n) is 5.19. The molecule has 1 fully saturated rings. The second-order valence-corrected chi connectivity index (χ2v) is 5.19. The molecule has 0 saturated carbocycles. The van der Waals surface area contributed by atoms with E-state index in [4.69, 9.17) is 0 Å². The Morgan fingerprint density at radius 1 is 1.08 bits per heavy atom. The van der Waals surface area contributed by atoms with Gasteiger partial charge in [-0.25, -0.2) is 0 Å². The molecule has 13 heavy (non-hydrogen) atoms. The van der Waals surface area contributed by atoms with Crippen LogP contribution in [-0.4, -0.2) is 12.1 Å². The fraction of sp³-hybridized carbons (Fsp3) is 1.00. The van der Waals surface area contributed by atoms with Crippen molar-refractivity contribution in [2.24, 2.45) is 11.8 Å². The standard InChI is InChI=1S/C12H25N/c1-10(2)11(3)12(4)8-6-5-7-9-13-12/h10-11,13H,5-9H2,1-4H3. The van der Waals surface area contributed by atoms with Crippen LogP contribution in [0.15, 0.2) is 0 Å². The molecule has 0 aliphatic carbocycles. The molecule has 0 bridgehead atoms. The van der Waals surface area contributed by atoms with Crippen LogP contribution in [0.25, 0.3) is 0 Å². The minimum Gasteiger partial charge on any atom is -0.311 e. The summed E-state index contributed by atoms with van der Waals surface area (Å²) in [5, 5.41) is 3.74. The van der Waals surface area contributed by atoms with E-state index < -0.39 is 0 Å². The van der Waals surface area contributed by atoms with E-state index in [1.54, 1.807) is 0 Å². The SMILES string of the molecule is CC(C)C(C)C1(C)CCCCCN1. The van der Waals surface area contributed by atoms with Crippen LogP contribution in [0.5, 0.6) is 0 Å². The summed E-state index contributed by atoms with van der Waals surface area (Å²) < 4.78 is 0. The zero-order chi connectivity index (χ0) is 9.90. The van der Waals surface area contributed by atoms with Gasteiger partial charge < -0.3 is 5.32 Å². The Hall–Kier alpha value is -0.0400. The summed E-state index contributed by atoms with van der Waals surface area (Å²) in [6.07, 6.45) is 5.53. The van der Waals surface area contributed by atoms with E-state index in [2.05, 4.69) is 33.0 Å². The minimum absolute atomic E-state index is 0.394. The number of nitrogens with one attached hydrogen (secondary N) is 1. The van der Waals surface area contributed by atoms with Gasteiger partial charge >= 0.3 is 0 Å². The summed E-state index contributed by atoms with van der Waals surface area (Å²) in [4.78, 5) is 0. The Kier molecular flexibility index (Phi) is 3.78. The minimum atomic E-state index is 0.394. The topological polar surface area (TPSA) is 12.0 Å². The summed E-state index contributed by atoms with van der Waals surface area (Å²) >= 11 is 0. The monoisotopic (exact) mass is 183 g/mol. The van der Waals surface area contributed by atoms with Gasteiger partial charge in [-0.05, 0) is 38.1 Å². The van der Waals surface area contributed by atoms with Crippen molar-refractivity contribution < 1.29 is 0 Å². The maximum atomic E-state index is 3.74. The highest BCUT2D eigenvalue weighted by atomic mass is 15.0. The van der Waals surface area contributed by atoms with Crippen LogP contribution in [0.2, 0.25) is 0 Å². The van der Waals surface area contributed by atoms with Gasteiger partial charge in [0.05, 0.1) is 0 Å². The Morgan fingerprint density at radius 3 is 2.38 bits per heavy atom. The van der Waals surface area contributed by atoms with Crippen molar-refractivity contribution in [3.05, 3.63) is 0 Å².